The number of hydrogen-bond donors (Lipinski definition) is 2. The van der Waals surface area contributed by atoms with Crippen LogP contribution >= 0.6 is 31.9 Å². The molecule has 0 bridgehead atoms. The summed E-state index contributed by atoms with van der Waals surface area (Å²) in [7, 11) is 0. The predicted molar refractivity (Wildman–Crippen MR) is 94.9 cm³/mol. The normalized spacial score (nSPS) is 10.1. The van der Waals surface area contributed by atoms with Crippen LogP contribution in [0.4, 0.5) is 11.4 Å². The first kappa shape index (κ1) is 16.7. The van der Waals surface area contributed by atoms with Crippen LogP contribution < -0.4 is 10.6 Å². The van der Waals surface area contributed by atoms with Crippen LogP contribution in [0, 0.1) is 0 Å². The summed E-state index contributed by atoms with van der Waals surface area (Å²) in [4.78, 5) is 23.2. The van der Waals surface area contributed by atoms with Crippen molar-refractivity contribution in [1.82, 2.24) is 0 Å². The minimum atomic E-state index is -0.165. The Hall–Kier alpha value is -1.66. The summed E-state index contributed by atoms with van der Waals surface area (Å²) in [5.41, 5.74) is 2.23. The second-order valence-electron chi connectivity index (χ2n) is 4.71. The molecular weight excluding hydrogens is 412 g/mol. The molecule has 0 fully saturated rings. The molecule has 0 unspecified atom stereocenters. The molecule has 0 atom stereocenters. The number of amides is 2. The van der Waals surface area contributed by atoms with Crippen LogP contribution in [0.3, 0.4) is 0 Å². The van der Waals surface area contributed by atoms with E-state index in [2.05, 4.69) is 42.5 Å². The summed E-state index contributed by atoms with van der Waals surface area (Å²) in [6, 6.07) is 13.0. The third kappa shape index (κ3) is 4.68. The van der Waals surface area contributed by atoms with Crippen molar-refractivity contribution >= 4 is 55.0 Å². The molecule has 2 aromatic rings. The van der Waals surface area contributed by atoms with Gasteiger partial charge in [0, 0.05) is 21.6 Å². The van der Waals surface area contributed by atoms with Crippen molar-refractivity contribution in [3.8, 4) is 0 Å². The summed E-state index contributed by atoms with van der Waals surface area (Å²) in [6.45, 7) is 1.44. The highest BCUT2D eigenvalue weighted by Gasteiger charge is 2.11. The first-order valence-corrected chi connectivity index (χ1v) is 8.14. The number of rotatable bonds is 4. The maximum absolute atomic E-state index is 12.1. The van der Waals surface area contributed by atoms with Crippen molar-refractivity contribution in [2.75, 3.05) is 10.6 Å². The Balaban J connectivity index is 2.10. The van der Waals surface area contributed by atoms with Crippen molar-refractivity contribution in [3.63, 3.8) is 0 Å². The average molecular weight is 426 g/mol. The lowest BCUT2D eigenvalue weighted by atomic mass is 10.1. The highest BCUT2D eigenvalue weighted by molar-refractivity contribution is 9.11. The Morgan fingerprint density at radius 2 is 1.59 bits per heavy atom. The molecule has 22 heavy (non-hydrogen) atoms. The van der Waals surface area contributed by atoms with Crippen LogP contribution in [-0.2, 0) is 16.0 Å². The molecule has 2 rings (SSSR count). The van der Waals surface area contributed by atoms with Gasteiger partial charge in [-0.3, -0.25) is 9.59 Å². The highest BCUT2D eigenvalue weighted by atomic mass is 79.9. The molecule has 0 aliphatic heterocycles. The van der Waals surface area contributed by atoms with Crippen LogP contribution in [0.25, 0.3) is 0 Å². The quantitative estimate of drug-likeness (QED) is 0.764. The maximum atomic E-state index is 12.1. The van der Waals surface area contributed by atoms with Crippen molar-refractivity contribution in [2.24, 2.45) is 0 Å². The molecule has 0 aliphatic rings. The largest absolute Gasteiger partial charge is 0.326 e. The summed E-state index contributed by atoms with van der Waals surface area (Å²) in [5, 5.41) is 5.56. The number of carbonyl (C=O) groups excluding carboxylic acids is 2. The first-order valence-electron chi connectivity index (χ1n) is 6.56. The topological polar surface area (TPSA) is 58.2 Å². The van der Waals surface area contributed by atoms with E-state index in [1.54, 1.807) is 12.1 Å². The fourth-order valence-corrected chi connectivity index (χ4v) is 3.31. The number of carbonyl (C=O) groups is 2. The smallest absolute Gasteiger partial charge is 0.228 e. The van der Waals surface area contributed by atoms with Gasteiger partial charge in [0.1, 0.15) is 0 Å². The van der Waals surface area contributed by atoms with Gasteiger partial charge in [0.05, 0.1) is 12.1 Å². The van der Waals surface area contributed by atoms with Crippen LogP contribution in [0.1, 0.15) is 12.5 Å². The van der Waals surface area contributed by atoms with Crippen molar-refractivity contribution in [1.29, 1.82) is 0 Å². The van der Waals surface area contributed by atoms with E-state index in [1.807, 2.05) is 30.3 Å². The van der Waals surface area contributed by atoms with Crippen LogP contribution in [0.2, 0.25) is 0 Å². The monoisotopic (exact) mass is 424 g/mol. The molecule has 2 aromatic carbocycles. The summed E-state index contributed by atoms with van der Waals surface area (Å²) in [5.74, 6) is -0.264. The molecule has 0 spiro atoms. The molecule has 114 valence electrons. The minimum Gasteiger partial charge on any atom is -0.326 e. The maximum Gasteiger partial charge on any atom is 0.228 e. The van der Waals surface area contributed by atoms with E-state index < -0.39 is 0 Å². The van der Waals surface area contributed by atoms with Gasteiger partial charge >= 0.3 is 0 Å². The molecule has 0 radical (unpaired) electrons. The van der Waals surface area contributed by atoms with E-state index >= 15 is 0 Å². The van der Waals surface area contributed by atoms with Gasteiger partial charge in [-0.2, -0.15) is 0 Å². The Kier molecular flexibility index (Phi) is 5.74. The van der Waals surface area contributed by atoms with E-state index in [9.17, 15) is 9.59 Å². The molecule has 6 heteroatoms. The number of anilines is 2. The SMILES string of the molecule is CC(=O)Nc1c(Br)cc(NC(=O)Cc2ccccc2)cc1Br. The highest BCUT2D eigenvalue weighted by Crippen LogP contribution is 2.34. The van der Waals surface area contributed by atoms with Gasteiger partial charge in [0.2, 0.25) is 11.8 Å². The number of hydrogen-bond acceptors (Lipinski definition) is 2. The van der Waals surface area contributed by atoms with E-state index in [0.717, 1.165) is 5.56 Å². The molecule has 0 saturated carbocycles. The Morgan fingerprint density at radius 1 is 1.00 bits per heavy atom. The van der Waals surface area contributed by atoms with E-state index in [4.69, 9.17) is 0 Å². The standard InChI is InChI=1S/C16H14Br2N2O2/c1-10(21)19-16-13(17)8-12(9-14(16)18)20-15(22)7-11-5-3-2-4-6-11/h2-6,8-9H,7H2,1H3,(H,19,21)(H,20,22). The predicted octanol–water partition coefficient (Wildman–Crippen LogP) is 4.35. The van der Waals surface area contributed by atoms with Gasteiger partial charge in [-0.1, -0.05) is 30.3 Å². The molecule has 0 heterocycles. The number of nitrogens with one attached hydrogen (secondary N) is 2. The third-order valence-corrected chi connectivity index (χ3v) is 4.09. The molecule has 2 amide bonds. The fraction of sp³-hybridized carbons (Fsp3) is 0.125. The first-order chi connectivity index (χ1) is 10.5. The molecular formula is C16H14Br2N2O2. The van der Waals surface area contributed by atoms with Crippen LogP contribution in [0.15, 0.2) is 51.4 Å². The molecule has 0 saturated heterocycles. The average Bonchev–Trinajstić information content (AvgIpc) is 2.43. The zero-order valence-electron chi connectivity index (χ0n) is 11.8. The van der Waals surface area contributed by atoms with Gasteiger partial charge in [-0.05, 0) is 49.6 Å². The lowest BCUT2D eigenvalue weighted by molar-refractivity contribution is -0.116. The van der Waals surface area contributed by atoms with Gasteiger partial charge < -0.3 is 10.6 Å². The van der Waals surface area contributed by atoms with Gasteiger partial charge in [0.15, 0.2) is 0 Å². The Bertz CT molecular complexity index is 680. The molecule has 0 aliphatic carbocycles. The lowest BCUT2D eigenvalue weighted by Gasteiger charge is -2.12. The third-order valence-electron chi connectivity index (χ3n) is 2.83. The van der Waals surface area contributed by atoms with Crippen molar-refractivity contribution in [2.45, 2.75) is 13.3 Å². The van der Waals surface area contributed by atoms with Gasteiger partial charge in [0.25, 0.3) is 0 Å². The fourth-order valence-electron chi connectivity index (χ4n) is 1.93. The second kappa shape index (κ2) is 7.56. The lowest BCUT2D eigenvalue weighted by Crippen LogP contribution is -2.14. The Morgan fingerprint density at radius 3 is 2.14 bits per heavy atom. The zero-order valence-corrected chi connectivity index (χ0v) is 15.0. The van der Waals surface area contributed by atoms with Gasteiger partial charge in [-0.15, -0.1) is 0 Å². The Labute approximate surface area is 145 Å². The zero-order chi connectivity index (χ0) is 16.1. The summed E-state index contributed by atoms with van der Waals surface area (Å²) < 4.78 is 1.37. The van der Waals surface area contributed by atoms with E-state index in [-0.39, 0.29) is 11.8 Å². The second-order valence-corrected chi connectivity index (χ2v) is 6.42. The summed E-state index contributed by atoms with van der Waals surface area (Å²) in [6.07, 6.45) is 0.309. The van der Waals surface area contributed by atoms with Crippen molar-refractivity contribution < 1.29 is 9.59 Å². The summed E-state index contributed by atoms with van der Waals surface area (Å²) >= 11 is 6.77. The number of halogens is 2. The van der Waals surface area contributed by atoms with Crippen LogP contribution in [0.5, 0.6) is 0 Å². The van der Waals surface area contributed by atoms with E-state index in [1.165, 1.54) is 6.92 Å². The minimum absolute atomic E-state index is 0.0997. The number of benzene rings is 2. The molecule has 4 nitrogen and oxygen atoms in total. The van der Waals surface area contributed by atoms with E-state index in [0.29, 0.717) is 26.7 Å². The molecule has 2 N–H and O–H groups in total. The van der Waals surface area contributed by atoms with Crippen molar-refractivity contribution in [3.05, 3.63) is 57.0 Å². The van der Waals surface area contributed by atoms with Gasteiger partial charge in [-0.25, -0.2) is 0 Å². The van der Waals surface area contributed by atoms with Crippen LogP contribution in [-0.4, -0.2) is 11.8 Å². The molecule has 0 aromatic heterocycles.